The molecule has 2 atom stereocenters. The van der Waals surface area contributed by atoms with Crippen LogP contribution in [0.3, 0.4) is 0 Å². The molecule has 0 aromatic heterocycles. The van der Waals surface area contributed by atoms with Gasteiger partial charge in [-0.2, -0.15) is 0 Å². The molecule has 0 spiro atoms. The predicted octanol–water partition coefficient (Wildman–Crippen LogP) is 3.07. The first-order chi connectivity index (χ1) is 17.2. The van der Waals surface area contributed by atoms with Gasteiger partial charge in [0, 0.05) is 23.4 Å². The van der Waals surface area contributed by atoms with E-state index in [9.17, 15) is 23.9 Å². The van der Waals surface area contributed by atoms with E-state index in [2.05, 4.69) is 15.3 Å². The molecule has 0 unspecified atom stereocenters. The number of halogens is 2. The molecule has 1 saturated heterocycles. The Bertz CT molecular complexity index is 1140. The molecule has 2 amide bonds. The van der Waals surface area contributed by atoms with Gasteiger partial charge in [-0.1, -0.05) is 5.11 Å². The summed E-state index contributed by atoms with van der Waals surface area (Å²) in [7, 11) is 0. The van der Waals surface area contributed by atoms with Crippen LogP contribution in [-0.2, 0) is 14.3 Å². The summed E-state index contributed by atoms with van der Waals surface area (Å²) in [4.78, 5) is 40.0. The second kappa shape index (κ2) is 12.0. The van der Waals surface area contributed by atoms with Gasteiger partial charge in [0.1, 0.15) is 23.4 Å². The lowest BCUT2D eigenvalue weighted by Gasteiger charge is -2.22. The molecule has 1 heterocycles. The number of alkyl halides is 1. The SMILES string of the molecule is [N-]=[N+]=NCCOC[C@@]1(F)C[C@@H](C(=O)O)N(C(=O)CNC(=O)c2ccc(Oc3ccc(F)cc3)cc2)C1. The predicted molar refractivity (Wildman–Crippen MR) is 122 cm³/mol. The van der Waals surface area contributed by atoms with E-state index in [0.29, 0.717) is 11.5 Å². The lowest BCUT2D eigenvalue weighted by molar-refractivity contribution is -0.147. The molecule has 0 radical (unpaired) electrons. The molecule has 2 aromatic carbocycles. The normalized spacial score (nSPS) is 18.8. The van der Waals surface area contributed by atoms with Crippen molar-refractivity contribution in [3.8, 4) is 11.5 Å². The Kier molecular flexibility index (Phi) is 8.76. The highest BCUT2D eigenvalue weighted by Gasteiger charge is 2.49. The minimum Gasteiger partial charge on any atom is -0.480 e. The van der Waals surface area contributed by atoms with E-state index in [1.54, 1.807) is 0 Å². The molecule has 2 aromatic rings. The van der Waals surface area contributed by atoms with E-state index >= 15 is 4.39 Å². The third-order valence-electron chi connectivity index (χ3n) is 5.32. The van der Waals surface area contributed by atoms with Gasteiger partial charge >= 0.3 is 5.97 Å². The monoisotopic (exact) mass is 503 g/mol. The maximum atomic E-state index is 15.1. The second-order valence-corrected chi connectivity index (χ2v) is 8.00. The third-order valence-corrected chi connectivity index (χ3v) is 5.32. The van der Waals surface area contributed by atoms with Crippen molar-refractivity contribution in [2.75, 3.05) is 32.8 Å². The molecular formula is C23H23F2N5O6. The second-order valence-electron chi connectivity index (χ2n) is 8.00. The number of ether oxygens (including phenoxy) is 2. The summed E-state index contributed by atoms with van der Waals surface area (Å²) >= 11 is 0. The Hall–Kier alpha value is -4.22. The van der Waals surface area contributed by atoms with Crippen LogP contribution in [0.15, 0.2) is 53.6 Å². The van der Waals surface area contributed by atoms with Crippen molar-refractivity contribution >= 4 is 17.8 Å². The Morgan fingerprint density at radius 1 is 1.17 bits per heavy atom. The first kappa shape index (κ1) is 26.4. The molecule has 1 fully saturated rings. The molecule has 11 nitrogen and oxygen atoms in total. The Morgan fingerprint density at radius 3 is 2.42 bits per heavy atom. The number of amides is 2. The van der Waals surface area contributed by atoms with Crippen LogP contribution >= 0.6 is 0 Å². The molecule has 1 aliphatic rings. The first-order valence-corrected chi connectivity index (χ1v) is 10.8. The maximum Gasteiger partial charge on any atom is 0.326 e. The minimum absolute atomic E-state index is 0.0110. The van der Waals surface area contributed by atoms with Crippen molar-refractivity contribution in [1.82, 2.24) is 10.2 Å². The molecule has 13 heteroatoms. The number of nitrogens with one attached hydrogen (secondary N) is 1. The highest BCUT2D eigenvalue weighted by molar-refractivity contribution is 5.97. The van der Waals surface area contributed by atoms with Crippen LogP contribution in [0, 0.1) is 5.82 Å². The zero-order valence-electron chi connectivity index (χ0n) is 19.0. The van der Waals surface area contributed by atoms with Crippen molar-refractivity contribution in [1.29, 1.82) is 0 Å². The van der Waals surface area contributed by atoms with Crippen LogP contribution in [0.25, 0.3) is 10.4 Å². The van der Waals surface area contributed by atoms with Crippen LogP contribution in [-0.4, -0.2) is 72.3 Å². The minimum atomic E-state index is -2.10. The van der Waals surface area contributed by atoms with Gasteiger partial charge in [0.05, 0.1) is 26.3 Å². The molecule has 1 aliphatic heterocycles. The summed E-state index contributed by atoms with van der Waals surface area (Å²) in [6.07, 6.45) is -0.473. The number of likely N-dealkylation sites (tertiary alicyclic amines) is 1. The van der Waals surface area contributed by atoms with Crippen LogP contribution < -0.4 is 10.1 Å². The number of benzene rings is 2. The fourth-order valence-electron chi connectivity index (χ4n) is 3.60. The molecule has 0 bridgehead atoms. The fourth-order valence-corrected chi connectivity index (χ4v) is 3.60. The van der Waals surface area contributed by atoms with Crippen molar-refractivity contribution in [3.63, 3.8) is 0 Å². The number of hydrogen-bond donors (Lipinski definition) is 2. The number of azide groups is 1. The van der Waals surface area contributed by atoms with Gasteiger partial charge in [-0.05, 0) is 54.1 Å². The van der Waals surface area contributed by atoms with Gasteiger partial charge in [-0.25, -0.2) is 13.6 Å². The summed E-state index contributed by atoms with van der Waals surface area (Å²) < 4.78 is 38.8. The van der Waals surface area contributed by atoms with Crippen LogP contribution in [0.4, 0.5) is 8.78 Å². The smallest absolute Gasteiger partial charge is 0.326 e. The summed E-state index contributed by atoms with van der Waals surface area (Å²) in [5.74, 6) is -2.34. The van der Waals surface area contributed by atoms with Crippen LogP contribution in [0.5, 0.6) is 11.5 Å². The number of aliphatic carboxylic acids is 1. The summed E-state index contributed by atoms with van der Waals surface area (Å²) in [6.45, 7) is -1.59. The van der Waals surface area contributed by atoms with Gasteiger partial charge < -0.3 is 24.8 Å². The molecule has 190 valence electrons. The Balaban J connectivity index is 1.53. The Morgan fingerprint density at radius 2 is 1.81 bits per heavy atom. The van der Waals surface area contributed by atoms with Gasteiger partial charge in [0.2, 0.25) is 5.91 Å². The zero-order chi connectivity index (χ0) is 26.1. The standard InChI is InChI=1S/C23H23F2N5O6/c24-16-3-7-18(8-4-16)36-17-5-1-15(2-6-17)21(32)27-12-20(31)30-13-23(25,11-19(30)22(33)34)14-35-10-9-28-29-26/h1-8,19H,9-14H2,(H,27,32)(H,33,34)/t19-,23+/m0/s1. The summed E-state index contributed by atoms with van der Waals surface area (Å²) in [5.41, 5.74) is 6.34. The third kappa shape index (κ3) is 7.14. The number of carbonyl (C=O) groups excluding carboxylic acids is 2. The highest BCUT2D eigenvalue weighted by Crippen LogP contribution is 2.31. The highest BCUT2D eigenvalue weighted by atomic mass is 19.1. The molecular weight excluding hydrogens is 480 g/mol. The van der Waals surface area contributed by atoms with E-state index < -0.39 is 61.4 Å². The lowest BCUT2D eigenvalue weighted by Crippen LogP contribution is -2.46. The van der Waals surface area contributed by atoms with Crippen LogP contribution in [0.2, 0.25) is 0 Å². The van der Waals surface area contributed by atoms with E-state index in [0.717, 1.165) is 4.90 Å². The number of hydrogen-bond acceptors (Lipinski definition) is 6. The lowest BCUT2D eigenvalue weighted by atomic mass is 10.0. The largest absolute Gasteiger partial charge is 0.480 e. The van der Waals surface area contributed by atoms with Crippen molar-refractivity contribution in [3.05, 3.63) is 70.4 Å². The van der Waals surface area contributed by atoms with Gasteiger partial charge in [0.15, 0.2) is 5.67 Å². The van der Waals surface area contributed by atoms with E-state index in [1.807, 2.05) is 0 Å². The van der Waals surface area contributed by atoms with Crippen molar-refractivity contribution < 1.29 is 37.7 Å². The van der Waals surface area contributed by atoms with Gasteiger partial charge in [-0.15, -0.1) is 0 Å². The van der Waals surface area contributed by atoms with Crippen LogP contribution in [0.1, 0.15) is 16.8 Å². The molecule has 36 heavy (non-hydrogen) atoms. The Labute approximate surface area is 204 Å². The molecule has 0 aliphatic carbocycles. The molecule has 3 rings (SSSR count). The van der Waals surface area contributed by atoms with E-state index in [4.69, 9.17) is 15.0 Å². The summed E-state index contributed by atoms with van der Waals surface area (Å²) in [6, 6.07) is 9.91. The van der Waals surface area contributed by atoms with Gasteiger partial charge in [-0.3, -0.25) is 9.59 Å². The molecule has 2 N–H and O–H groups in total. The van der Waals surface area contributed by atoms with E-state index in [1.165, 1.54) is 48.5 Å². The number of carboxylic acids is 1. The number of nitrogens with zero attached hydrogens (tertiary/aromatic N) is 4. The first-order valence-electron chi connectivity index (χ1n) is 10.8. The zero-order valence-corrected chi connectivity index (χ0v) is 19.0. The molecule has 0 saturated carbocycles. The number of carbonyl (C=O) groups is 3. The quantitative estimate of drug-likeness (QED) is 0.208. The summed E-state index contributed by atoms with van der Waals surface area (Å²) in [5, 5.41) is 15.1. The van der Waals surface area contributed by atoms with Crippen molar-refractivity contribution in [2.24, 2.45) is 5.11 Å². The van der Waals surface area contributed by atoms with Crippen molar-refractivity contribution in [2.45, 2.75) is 18.1 Å². The average Bonchev–Trinajstić information content (AvgIpc) is 3.22. The average molecular weight is 503 g/mol. The maximum absolute atomic E-state index is 15.1. The number of rotatable bonds is 11. The van der Waals surface area contributed by atoms with E-state index in [-0.39, 0.29) is 18.7 Å². The number of carboxylic acid groups (broad SMARTS) is 1. The fraction of sp³-hybridized carbons (Fsp3) is 0.348. The van der Waals surface area contributed by atoms with Gasteiger partial charge in [0.25, 0.3) is 5.91 Å². The topological polar surface area (TPSA) is 154 Å².